The summed E-state index contributed by atoms with van der Waals surface area (Å²) in [6.07, 6.45) is 1.54. The van der Waals surface area contributed by atoms with Crippen LogP contribution in [0.4, 0.5) is 4.39 Å². The third-order valence-corrected chi connectivity index (χ3v) is 3.17. The Morgan fingerprint density at radius 2 is 2.26 bits per heavy atom. The zero-order chi connectivity index (χ0) is 16.2. The smallest absolute Gasteiger partial charge is 0.244 e. The number of benzene rings is 1. The Labute approximate surface area is 131 Å². The summed E-state index contributed by atoms with van der Waals surface area (Å²) < 4.78 is 18.4. The molecule has 2 aromatic heterocycles. The predicted octanol–water partition coefficient (Wildman–Crippen LogP) is 1.95. The van der Waals surface area contributed by atoms with Crippen molar-refractivity contribution in [3.63, 3.8) is 0 Å². The first kappa shape index (κ1) is 14.9. The van der Waals surface area contributed by atoms with Gasteiger partial charge in [-0.25, -0.2) is 4.39 Å². The number of nitrogens with one attached hydrogen (secondary N) is 1. The maximum absolute atomic E-state index is 13.2. The van der Waals surface area contributed by atoms with E-state index in [0.29, 0.717) is 11.3 Å². The number of amides is 1. The van der Waals surface area contributed by atoms with Crippen molar-refractivity contribution < 1.29 is 13.6 Å². The van der Waals surface area contributed by atoms with Crippen LogP contribution in [0.25, 0.3) is 11.4 Å². The molecule has 0 fully saturated rings. The average Bonchev–Trinajstić information content (AvgIpc) is 3.18. The summed E-state index contributed by atoms with van der Waals surface area (Å²) >= 11 is 0. The minimum atomic E-state index is -0.385. The van der Waals surface area contributed by atoms with Crippen LogP contribution in [-0.4, -0.2) is 26.1 Å². The number of furan rings is 1. The molecule has 1 aromatic carbocycles. The second-order valence-electron chi connectivity index (χ2n) is 4.96. The topological polar surface area (TPSA) is 85.8 Å². The summed E-state index contributed by atoms with van der Waals surface area (Å²) in [6, 6.07) is 9.14. The number of hydrogen-bond acceptors (Lipinski definition) is 5. The van der Waals surface area contributed by atoms with Gasteiger partial charge >= 0.3 is 0 Å². The van der Waals surface area contributed by atoms with Crippen molar-refractivity contribution in [3.05, 3.63) is 54.2 Å². The molecular formula is C15H14FN5O2. The molecule has 0 saturated heterocycles. The molecule has 0 aliphatic heterocycles. The Morgan fingerprint density at radius 1 is 1.39 bits per heavy atom. The molecule has 0 saturated carbocycles. The van der Waals surface area contributed by atoms with Gasteiger partial charge in [-0.3, -0.25) is 4.79 Å². The minimum Gasteiger partial charge on any atom is -0.467 e. The van der Waals surface area contributed by atoms with Crippen LogP contribution in [-0.2, 0) is 11.3 Å². The van der Waals surface area contributed by atoms with E-state index in [1.165, 1.54) is 12.1 Å². The van der Waals surface area contributed by atoms with E-state index in [-0.39, 0.29) is 30.1 Å². The third-order valence-electron chi connectivity index (χ3n) is 3.17. The number of halogens is 1. The molecule has 2 heterocycles. The van der Waals surface area contributed by atoms with Gasteiger partial charge in [-0.2, -0.15) is 4.80 Å². The molecule has 0 spiro atoms. The highest BCUT2D eigenvalue weighted by Crippen LogP contribution is 2.14. The van der Waals surface area contributed by atoms with Gasteiger partial charge in [0.2, 0.25) is 11.7 Å². The van der Waals surface area contributed by atoms with Crippen molar-refractivity contribution in [3.8, 4) is 11.4 Å². The zero-order valence-corrected chi connectivity index (χ0v) is 12.3. The summed E-state index contributed by atoms with van der Waals surface area (Å²) in [5.41, 5.74) is 0.501. The van der Waals surface area contributed by atoms with Gasteiger partial charge in [0.25, 0.3) is 0 Å². The number of tetrazole rings is 1. The van der Waals surface area contributed by atoms with Crippen molar-refractivity contribution >= 4 is 5.91 Å². The lowest BCUT2D eigenvalue weighted by molar-refractivity contribution is -0.122. The SMILES string of the molecule is CC(NC(=O)Cn1nnc(-c2cccc(F)c2)n1)c1ccco1. The van der Waals surface area contributed by atoms with E-state index >= 15 is 0 Å². The molecule has 0 aliphatic rings. The standard InChI is InChI=1S/C15H14FN5O2/c1-10(13-6-3-7-23-13)17-14(22)9-21-19-15(18-20-21)11-4-2-5-12(16)8-11/h2-8,10H,9H2,1H3,(H,17,22). The number of rotatable bonds is 5. The number of carbonyl (C=O) groups excluding carboxylic acids is 1. The van der Waals surface area contributed by atoms with Crippen LogP contribution in [0, 0.1) is 5.82 Å². The molecule has 1 unspecified atom stereocenters. The first-order chi connectivity index (χ1) is 11.1. The highest BCUT2D eigenvalue weighted by molar-refractivity contribution is 5.75. The number of carbonyl (C=O) groups is 1. The predicted molar refractivity (Wildman–Crippen MR) is 78.5 cm³/mol. The Bertz CT molecular complexity index is 800. The van der Waals surface area contributed by atoms with Crippen LogP contribution < -0.4 is 5.32 Å². The molecule has 1 atom stereocenters. The molecule has 3 aromatic rings. The van der Waals surface area contributed by atoms with E-state index in [2.05, 4.69) is 20.7 Å². The van der Waals surface area contributed by atoms with Crippen molar-refractivity contribution in [2.45, 2.75) is 19.5 Å². The summed E-state index contributed by atoms with van der Waals surface area (Å²) in [5, 5.41) is 14.5. The van der Waals surface area contributed by atoms with Crippen molar-refractivity contribution in [2.24, 2.45) is 0 Å². The van der Waals surface area contributed by atoms with Gasteiger partial charge in [0, 0.05) is 5.56 Å². The van der Waals surface area contributed by atoms with Crippen LogP contribution >= 0.6 is 0 Å². The molecule has 23 heavy (non-hydrogen) atoms. The Hall–Kier alpha value is -3.03. The first-order valence-corrected chi connectivity index (χ1v) is 6.98. The summed E-state index contributed by atoms with van der Waals surface area (Å²) in [4.78, 5) is 13.1. The van der Waals surface area contributed by atoms with Gasteiger partial charge in [-0.15, -0.1) is 10.2 Å². The van der Waals surface area contributed by atoms with Gasteiger partial charge in [0.1, 0.15) is 18.1 Å². The molecule has 0 aliphatic carbocycles. The second kappa shape index (κ2) is 6.39. The molecule has 118 valence electrons. The van der Waals surface area contributed by atoms with Crippen LogP contribution in [0.5, 0.6) is 0 Å². The number of nitrogens with zero attached hydrogens (tertiary/aromatic N) is 4. The summed E-state index contributed by atoms with van der Waals surface area (Å²) in [6.45, 7) is 1.72. The fraction of sp³-hybridized carbons (Fsp3) is 0.200. The Balaban J connectivity index is 1.63. The zero-order valence-electron chi connectivity index (χ0n) is 12.3. The Kier molecular flexibility index (Phi) is 4.13. The van der Waals surface area contributed by atoms with Crippen molar-refractivity contribution in [2.75, 3.05) is 0 Å². The number of hydrogen-bond donors (Lipinski definition) is 1. The van der Waals surface area contributed by atoms with Crippen LogP contribution in [0.15, 0.2) is 47.1 Å². The molecule has 1 amide bonds. The van der Waals surface area contributed by atoms with Gasteiger partial charge in [0.05, 0.1) is 12.3 Å². The fourth-order valence-electron chi connectivity index (χ4n) is 2.08. The second-order valence-corrected chi connectivity index (χ2v) is 4.96. The molecule has 7 nitrogen and oxygen atoms in total. The van der Waals surface area contributed by atoms with Gasteiger partial charge in [0.15, 0.2) is 0 Å². The minimum absolute atomic E-state index is 0.0899. The quantitative estimate of drug-likeness (QED) is 0.777. The lowest BCUT2D eigenvalue weighted by Gasteiger charge is -2.10. The normalized spacial score (nSPS) is 12.1. The van der Waals surface area contributed by atoms with E-state index in [4.69, 9.17) is 4.42 Å². The van der Waals surface area contributed by atoms with Gasteiger partial charge < -0.3 is 9.73 Å². The highest BCUT2D eigenvalue weighted by atomic mass is 19.1. The van der Waals surface area contributed by atoms with Gasteiger partial charge in [-0.1, -0.05) is 12.1 Å². The summed E-state index contributed by atoms with van der Waals surface area (Å²) in [5.74, 6) is 0.252. The molecule has 8 heteroatoms. The maximum atomic E-state index is 13.2. The molecule has 0 bridgehead atoms. The van der Waals surface area contributed by atoms with Crippen LogP contribution in [0.1, 0.15) is 18.7 Å². The van der Waals surface area contributed by atoms with Gasteiger partial charge in [-0.05, 0) is 36.4 Å². The molecule has 1 N–H and O–H groups in total. The molecule has 3 rings (SSSR count). The highest BCUT2D eigenvalue weighted by Gasteiger charge is 2.14. The summed E-state index contributed by atoms with van der Waals surface area (Å²) in [7, 11) is 0. The number of aromatic nitrogens is 4. The lowest BCUT2D eigenvalue weighted by Crippen LogP contribution is -2.30. The van der Waals surface area contributed by atoms with E-state index in [9.17, 15) is 9.18 Å². The van der Waals surface area contributed by atoms with E-state index in [1.807, 2.05) is 6.92 Å². The lowest BCUT2D eigenvalue weighted by atomic mass is 10.2. The fourth-order valence-corrected chi connectivity index (χ4v) is 2.08. The van der Waals surface area contributed by atoms with Crippen LogP contribution in [0.3, 0.4) is 0 Å². The average molecular weight is 315 g/mol. The van der Waals surface area contributed by atoms with Crippen LogP contribution in [0.2, 0.25) is 0 Å². The largest absolute Gasteiger partial charge is 0.467 e. The van der Waals surface area contributed by atoms with E-state index in [0.717, 1.165) is 4.80 Å². The molecular weight excluding hydrogens is 301 g/mol. The monoisotopic (exact) mass is 315 g/mol. The Morgan fingerprint density at radius 3 is 3.00 bits per heavy atom. The molecule has 0 radical (unpaired) electrons. The van der Waals surface area contributed by atoms with E-state index < -0.39 is 0 Å². The third kappa shape index (κ3) is 3.60. The first-order valence-electron chi connectivity index (χ1n) is 6.98. The van der Waals surface area contributed by atoms with E-state index in [1.54, 1.807) is 30.5 Å². The maximum Gasteiger partial charge on any atom is 0.244 e. The van der Waals surface area contributed by atoms with Crippen molar-refractivity contribution in [1.29, 1.82) is 0 Å². The van der Waals surface area contributed by atoms with Crippen molar-refractivity contribution in [1.82, 2.24) is 25.5 Å².